The number of phosphoric acid groups is 1. The summed E-state index contributed by atoms with van der Waals surface area (Å²) in [7, 11) is -4.77. The third-order valence-electron chi connectivity index (χ3n) is 14.0. The molecule has 0 aliphatic heterocycles. The van der Waals surface area contributed by atoms with Gasteiger partial charge in [-0.1, -0.05) is 272 Å². The molecule has 0 radical (unpaired) electrons. The quantitative estimate of drug-likeness (QED) is 0.0197. The summed E-state index contributed by atoms with van der Waals surface area (Å²) in [5.41, 5.74) is 0. The predicted molar refractivity (Wildman–Crippen MR) is 344 cm³/mol. The Labute approximate surface area is 502 Å². The second-order valence-electron chi connectivity index (χ2n) is 21.9. The molecule has 472 valence electrons. The summed E-state index contributed by atoms with van der Waals surface area (Å²) in [5, 5.41) is 9.87. The van der Waals surface area contributed by atoms with E-state index in [9.17, 15) is 28.9 Å². The van der Waals surface area contributed by atoms with Crippen molar-refractivity contribution < 1.29 is 52.2 Å². The standard InChI is InChI=1S/C70H121O11P/c1-4-7-10-13-16-19-22-25-28-31-33-36-39-42-45-48-51-54-57-60-69(73)80-66(62-71)64-78-82(75,76)79-65-67(63-77-68(72)59-56-53-50-47-44-41-38-35-30-27-24-21-18-15-12-9-6-3)81-70(74)61-58-55-52-49-46-43-40-37-34-32-29-26-23-20-17-14-11-8-5-2/h8-9,11-12,17-18,20-21,26-27,29-30,34,37,43,46,66-67,71H,4-7,10,13-16,19,22-25,28,31-33,35-36,38-42,44-45,47-65H2,1-3H3,(H,75,76)/b11-8-,12-9-,20-17-,21-18-,29-26-,30-27-,37-34-,46-43-. The van der Waals surface area contributed by atoms with E-state index in [2.05, 4.69) is 118 Å². The largest absolute Gasteiger partial charge is 0.472 e. The van der Waals surface area contributed by atoms with E-state index in [1.807, 2.05) is 0 Å². The van der Waals surface area contributed by atoms with Gasteiger partial charge in [0.15, 0.2) is 6.10 Å². The average molecular weight is 1170 g/mol. The van der Waals surface area contributed by atoms with Crippen molar-refractivity contribution in [1.82, 2.24) is 0 Å². The van der Waals surface area contributed by atoms with Gasteiger partial charge >= 0.3 is 25.7 Å². The van der Waals surface area contributed by atoms with E-state index in [-0.39, 0.29) is 25.9 Å². The fourth-order valence-corrected chi connectivity index (χ4v) is 9.83. The van der Waals surface area contributed by atoms with Gasteiger partial charge in [-0.05, 0) is 96.3 Å². The molecule has 0 spiro atoms. The molecule has 3 unspecified atom stereocenters. The Hall–Kier alpha value is -3.60. The number of allylic oxidation sites excluding steroid dienone is 16. The van der Waals surface area contributed by atoms with Crippen LogP contribution in [-0.4, -0.2) is 66.5 Å². The Morgan fingerprint density at radius 3 is 0.988 bits per heavy atom. The SMILES string of the molecule is CC/C=C\C/C=C\C/C=C\C/C=C\C/C=C\CCCCCC(=O)OC(COC(=O)CCCCCCCCC/C=C\C/C=C\C/C=C\CC)COP(=O)(O)OCC(CO)OC(=O)CCCCCCCCCCCCCCCCCCCCC. The summed E-state index contributed by atoms with van der Waals surface area (Å²) in [4.78, 5) is 48.8. The minimum atomic E-state index is -4.77. The number of phosphoric ester groups is 1. The van der Waals surface area contributed by atoms with Crippen LogP contribution >= 0.6 is 7.82 Å². The van der Waals surface area contributed by atoms with Gasteiger partial charge in [-0.15, -0.1) is 0 Å². The van der Waals surface area contributed by atoms with Gasteiger partial charge in [0.2, 0.25) is 0 Å². The van der Waals surface area contributed by atoms with Crippen LogP contribution in [0.15, 0.2) is 97.2 Å². The summed E-state index contributed by atoms with van der Waals surface area (Å²) >= 11 is 0. The molecule has 0 aromatic heterocycles. The van der Waals surface area contributed by atoms with E-state index in [1.165, 1.54) is 109 Å². The van der Waals surface area contributed by atoms with Crippen molar-refractivity contribution in [3.05, 3.63) is 97.2 Å². The number of unbranched alkanes of at least 4 members (excludes halogenated alkanes) is 28. The smallest absolute Gasteiger partial charge is 0.462 e. The number of ether oxygens (including phenoxy) is 3. The van der Waals surface area contributed by atoms with Gasteiger partial charge in [-0.2, -0.15) is 0 Å². The number of carbonyl (C=O) groups excluding carboxylic acids is 3. The minimum absolute atomic E-state index is 0.123. The van der Waals surface area contributed by atoms with E-state index in [1.54, 1.807) is 0 Å². The van der Waals surface area contributed by atoms with Crippen LogP contribution in [-0.2, 0) is 42.2 Å². The molecular weight excluding hydrogens is 1050 g/mol. The lowest BCUT2D eigenvalue weighted by molar-refractivity contribution is -0.161. The van der Waals surface area contributed by atoms with Crippen molar-refractivity contribution in [3.63, 3.8) is 0 Å². The molecule has 82 heavy (non-hydrogen) atoms. The topological polar surface area (TPSA) is 155 Å². The molecule has 0 aliphatic carbocycles. The lowest BCUT2D eigenvalue weighted by Gasteiger charge is -2.21. The van der Waals surface area contributed by atoms with E-state index >= 15 is 0 Å². The molecule has 0 aliphatic rings. The Balaban J connectivity index is 4.73. The van der Waals surface area contributed by atoms with E-state index in [0.29, 0.717) is 19.3 Å². The van der Waals surface area contributed by atoms with Gasteiger partial charge in [0.1, 0.15) is 12.7 Å². The average Bonchev–Trinajstić information content (AvgIpc) is 3.50. The van der Waals surface area contributed by atoms with Gasteiger partial charge in [0, 0.05) is 19.3 Å². The van der Waals surface area contributed by atoms with Crippen LogP contribution in [0.5, 0.6) is 0 Å². The Kier molecular flexibility index (Phi) is 60.6. The van der Waals surface area contributed by atoms with Crippen LogP contribution in [0.3, 0.4) is 0 Å². The van der Waals surface area contributed by atoms with Crippen molar-refractivity contribution in [3.8, 4) is 0 Å². The monoisotopic (exact) mass is 1170 g/mol. The van der Waals surface area contributed by atoms with Gasteiger partial charge < -0.3 is 24.2 Å². The van der Waals surface area contributed by atoms with Gasteiger partial charge in [0.25, 0.3) is 0 Å². The van der Waals surface area contributed by atoms with Crippen LogP contribution in [0.1, 0.15) is 290 Å². The van der Waals surface area contributed by atoms with Gasteiger partial charge in [0.05, 0.1) is 19.8 Å². The van der Waals surface area contributed by atoms with Crippen molar-refractivity contribution in [2.45, 2.75) is 303 Å². The number of hydrogen-bond donors (Lipinski definition) is 2. The highest BCUT2D eigenvalue weighted by Gasteiger charge is 2.28. The van der Waals surface area contributed by atoms with E-state index in [4.69, 9.17) is 23.3 Å². The Bertz CT molecular complexity index is 1750. The molecule has 0 amide bonds. The minimum Gasteiger partial charge on any atom is -0.462 e. The molecule has 2 N–H and O–H groups in total. The molecule has 12 heteroatoms. The fourth-order valence-electron chi connectivity index (χ4n) is 9.05. The highest BCUT2D eigenvalue weighted by Crippen LogP contribution is 2.43. The maximum absolute atomic E-state index is 13.0. The molecule has 11 nitrogen and oxygen atoms in total. The zero-order chi connectivity index (χ0) is 59.8. The van der Waals surface area contributed by atoms with Gasteiger partial charge in [-0.25, -0.2) is 4.57 Å². The number of aliphatic hydroxyl groups is 1. The van der Waals surface area contributed by atoms with Crippen LogP contribution in [0.2, 0.25) is 0 Å². The van der Waals surface area contributed by atoms with E-state index < -0.39 is 57.8 Å². The lowest BCUT2D eigenvalue weighted by atomic mass is 10.0. The lowest BCUT2D eigenvalue weighted by Crippen LogP contribution is -2.30. The molecule has 0 saturated carbocycles. The second-order valence-corrected chi connectivity index (χ2v) is 23.3. The Morgan fingerprint density at radius 2 is 0.634 bits per heavy atom. The summed E-state index contributed by atoms with van der Waals surface area (Å²) in [5.74, 6) is -1.51. The normalized spacial score (nSPS) is 13.9. The van der Waals surface area contributed by atoms with Crippen LogP contribution in [0.25, 0.3) is 0 Å². The molecule has 0 heterocycles. The molecular formula is C70H121O11P. The number of carbonyl (C=O) groups is 3. The molecule has 0 aromatic rings. The maximum atomic E-state index is 13.0. The first-order valence-corrected chi connectivity index (χ1v) is 34.6. The number of esters is 3. The van der Waals surface area contributed by atoms with Crippen molar-refractivity contribution >= 4 is 25.7 Å². The first-order chi connectivity index (χ1) is 40.2. The molecule has 0 aromatic carbocycles. The summed E-state index contributed by atoms with van der Waals surface area (Å²) in [6.07, 6.45) is 76.4. The summed E-state index contributed by atoms with van der Waals surface area (Å²) < 4.78 is 39.7. The third kappa shape index (κ3) is 61.0. The summed E-state index contributed by atoms with van der Waals surface area (Å²) in [6.45, 7) is 4.42. The first-order valence-electron chi connectivity index (χ1n) is 33.1. The first kappa shape index (κ1) is 78.4. The van der Waals surface area contributed by atoms with Crippen LogP contribution < -0.4 is 0 Å². The van der Waals surface area contributed by atoms with Crippen molar-refractivity contribution in [1.29, 1.82) is 0 Å². The zero-order valence-corrected chi connectivity index (χ0v) is 53.3. The highest BCUT2D eigenvalue weighted by atomic mass is 31.2. The molecule has 0 saturated heterocycles. The third-order valence-corrected chi connectivity index (χ3v) is 15.0. The molecule has 0 bridgehead atoms. The van der Waals surface area contributed by atoms with E-state index in [0.717, 1.165) is 122 Å². The number of rotatable bonds is 61. The molecule has 3 atom stereocenters. The van der Waals surface area contributed by atoms with Crippen molar-refractivity contribution in [2.75, 3.05) is 26.4 Å². The summed E-state index contributed by atoms with van der Waals surface area (Å²) in [6, 6.07) is 0. The van der Waals surface area contributed by atoms with Crippen LogP contribution in [0, 0.1) is 0 Å². The Morgan fingerprint density at radius 1 is 0.354 bits per heavy atom. The maximum Gasteiger partial charge on any atom is 0.472 e. The van der Waals surface area contributed by atoms with Crippen LogP contribution in [0.4, 0.5) is 0 Å². The second kappa shape index (κ2) is 63.4. The van der Waals surface area contributed by atoms with Crippen molar-refractivity contribution in [2.24, 2.45) is 0 Å². The molecule has 0 fully saturated rings. The number of hydrogen-bond acceptors (Lipinski definition) is 10. The number of aliphatic hydroxyl groups excluding tert-OH is 1. The van der Waals surface area contributed by atoms with Gasteiger partial charge in [-0.3, -0.25) is 23.4 Å². The fraction of sp³-hybridized carbons (Fsp3) is 0.729. The predicted octanol–water partition coefficient (Wildman–Crippen LogP) is 20.4. The zero-order valence-electron chi connectivity index (χ0n) is 52.4. The highest BCUT2D eigenvalue weighted by molar-refractivity contribution is 7.47. The molecule has 0 rings (SSSR count).